The monoisotopic (exact) mass is 295 g/mol. The van der Waals surface area contributed by atoms with E-state index in [4.69, 9.17) is 4.84 Å². The van der Waals surface area contributed by atoms with Crippen molar-refractivity contribution in [1.82, 2.24) is 0 Å². The van der Waals surface area contributed by atoms with Crippen molar-refractivity contribution in [3.05, 3.63) is 36.4 Å². The average Bonchev–Trinajstić information content (AvgIpc) is 2.33. The lowest BCUT2D eigenvalue weighted by atomic mass is 10.1. The number of benzene rings is 2. The Morgan fingerprint density at radius 1 is 1.10 bits per heavy atom. The molecule has 0 bridgehead atoms. The Morgan fingerprint density at radius 3 is 2.35 bits per heavy atom. The predicted octanol–water partition coefficient (Wildman–Crippen LogP) is 3.23. The van der Waals surface area contributed by atoms with Crippen LogP contribution in [0.4, 0.5) is 5.69 Å². The molecule has 0 spiro atoms. The third-order valence-electron chi connectivity index (χ3n) is 2.60. The predicted molar refractivity (Wildman–Crippen MR) is 78.2 cm³/mol. The third kappa shape index (κ3) is 3.27. The van der Waals surface area contributed by atoms with Crippen LogP contribution < -0.4 is 5.48 Å². The van der Waals surface area contributed by atoms with Crippen molar-refractivity contribution >= 4 is 26.6 Å². The van der Waals surface area contributed by atoms with Gasteiger partial charge in [-0.15, -0.1) is 0 Å². The molecule has 2 rings (SSSR count). The number of nitrogens with one attached hydrogen (secondary N) is 1. The molecule has 0 amide bonds. The lowest BCUT2D eigenvalue weighted by molar-refractivity contribution is 0.0370. The standard InChI is InChI=1S/C14H17NO4S/c1-14(2,3)19-15-12-9-8-10-6-4-5-7-11(10)13(12)20(16,17)18/h4-9,15H,1-3H3,(H,16,17,18). The third-order valence-corrected chi connectivity index (χ3v) is 3.56. The van der Waals surface area contributed by atoms with Crippen molar-refractivity contribution in [2.24, 2.45) is 0 Å². The summed E-state index contributed by atoms with van der Waals surface area (Å²) in [5.74, 6) is 0. The van der Waals surface area contributed by atoms with Crippen LogP contribution in [0.25, 0.3) is 10.8 Å². The topological polar surface area (TPSA) is 75.6 Å². The second kappa shape index (κ2) is 5.05. The van der Waals surface area contributed by atoms with Gasteiger partial charge in [0.15, 0.2) is 0 Å². The van der Waals surface area contributed by atoms with Crippen LogP contribution >= 0.6 is 0 Å². The van der Waals surface area contributed by atoms with Crippen LogP contribution in [0.2, 0.25) is 0 Å². The van der Waals surface area contributed by atoms with Gasteiger partial charge in [0.25, 0.3) is 10.1 Å². The van der Waals surface area contributed by atoms with Gasteiger partial charge in [-0.25, -0.2) is 0 Å². The normalized spacial score (nSPS) is 12.6. The molecule has 0 aliphatic heterocycles. The second-order valence-corrected chi connectivity index (χ2v) is 6.81. The minimum atomic E-state index is -4.37. The van der Waals surface area contributed by atoms with Gasteiger partial charge in [-0.1, -0.05) is 30.3 Å². The molecule has 0 aliphatic rings. The Kier molecular flexibility index (Phi) is 3.73. The first-order chi connectivity index (χ1) is 9.18. The molecule has 0 unspecified atom stereocenters. The maximum Gasteiger partial charge on any atom is 0.297 e. The van der Waals surface area contributed by atoms with Gasteiger partial charge < -0.3 is 0 Å². The molecular weight excluding hydrogens is 278 g/mol. The van der Waals surface area contributed by atoms with Crippen LogP contribution in [0.1, 0.15) is 20.8 Å². The maximum atomic E-state index is 11.7. The highest BCUT2D eigenvalue weighted by atomic mass is 32.2. The van der Waals surface area contributed by atoms with E-state index in [1.165, 1.54) is 0 Å². The number of anilines is 1. The minimum absolute atomic E-state index is 0.181. The molecule has 5 nitrogen and oxygen atoms in total. The molecule has 6 heteroatoms. The summed E-state index contributed by atoms with van der Waals surface area (Å²) in [4.78, 5) is 5.19. The zero-order valence-corrected chi connectivity index (χ0v) is 12.4. The molecule has 20 heavy (non-hydrogen) atoms. The molecule has 0 aliphatic carbocycles. The van der Waals surface area contributed by atoms with Gasteiger partial charge in [0.1, 0.15) is 4.90 Å². The zero-order valence-electron chi connectivity index (χ0n) is 11.5. The summed E-state index contributed by atoms with van der Waals surface area (Å²) in [7, 11) is -4.37. The fourth-order valence-corrected chi connectivity index (χ4v) is 2.66. The SMILES string of the molecule is CC(C)(C)ONc1ccc2ccccc2c1S(=O)(=O)O. The Bertz CT molecular complexity index is 732. The van der Waals surface area contributed by atoms with Gasteiger partial charge in [0.05, 0.1) is 11.3 Å². The van der Waals surface area contributed by atoms with E-state index in [0.717, 1.165) is 5.39 Å². The van der Waals surface area contributed by atoms with Crippen LogP contribution in [0.3, 0.4) is 0 Å². The summed E-state index contributed by atoms with van der Waals surface area (Å²) in [5.41, 5.74) is 2.32. The van der Waals surface area contributed by atoms with E-state index in [1.54, 1.807) is 36.4 Å². The molecule has 0 atom stereocenters. The molecule has 2 N–H and O–H groups in total. The molecule has 0 aromatic heterocycles. The summed E-state index contributed by atoms with van der Waals surface area (Å²) in [6, 6.07) is 10.3. The Labute approximate surface area is 118 Å². The van der Waals surface area contributed by atoms with E-state index in [-0.39, 0.29) is 10.6 Å². The zero-order chi connectivity index (χ0) is 15.0. The van der Waals surface area contributed by atoms with Gasteiger partial charge in [-0.3, -0.25) is 14.9 Å². The molecule has 0 saturated heterocycles. The van der Waals surface area contributed by atoms with Gasteiger partial charge in [-0.05, 0) is 32.2 Å². The van der Waals surface area contributed by atoms with Gasteiger partial charge >= 0.3 is 0 Å². The highest BCUT2D eigenvalue weighted by Crippen LogP contribution is 2.30. The first-order valence-electron chi connectivity index (χ1n) is 6.12. The van der Waals surface area contributed by atoms with Gasteiger partial charge in [-0.2, -0.15) is 8.42 Å². The van der Waals surface area contributed by atoms with Crippen LogP contribution in [0.15, 0.2) is 41.3 Å². The first-order valence-corrected chi connectivity index (χ1v) is 7.56. The fourth-order valence-electron chi connectivity index (χ4n) is 1.81. The van der Waals surface area contributed by atoms with Crippen molar-refractivity contribution < 1.29 is 17.8 Å². The lowest BCUT2D eigenvalue weighted by Gasteiger charge is -2.21. The highest BCUT2D eigenvalue weighted by Gasteiger charge is 2.21. The molecule has 2 aromatic carbocycles. The molecule has 2 aromatic rings. The Hall–Kier alpha value is -1.63. The van der Waals surface area contributed by atoms with Gasteiger partial charge in [0, 0.05) is 5.39 Å². The summed E-state index contributed by atoms with van der Waals surface area (Å²) >= 11 is 0. The van der Waals surface area contributed by atoms with Crippen LogP contribution in [0.5, 0.6) is 0 Å². The van der Waals surface area contributed by atoms with E-state index < -0.39 is 15.7 Å². The van der Waals surface area contributed by atoms with E-state index in [9.17, 15) is 13.0 Å². The largest absolute Gasteiger partial charge is 0.297 e. The van der Waals surface area contributed by atoms with Crippen LogP contribution in [-0.2, 0) is 15.0 Å². The average molecular weight is 295 g/mol. The molecule has 0 radical (unpaired) electrons. The minimum Gasteiger partial charge on any atom is -0.282 e. The molecule has 0 fully saturated rings. The highest BCUT2D eigenvalue weighted by molar-refractivity contribution is 7.86. The molecular formula is C14H17NO4S. The van der Waals surface area contributed by atoms with Crippen molar-refractivity contribution in [2.45, 2.75) is 31.3 Å². The summed E-state index contributed by atoms with van der Waals surface area (Å²) in [5, 5.41) is 1.17. The van der Waals surface area contributed by atoms with Crippen LogP contribution in [0, 0.1) is 0 Å². The number of fused-ring (bicyclic) bond motifs is 1. The summed E-state index contributed by atoms with van der Waals surface area (Å²) in [6.45, 7) is 5.48. The summed E-state index contributed by atoms with van der Waals surface area (Å²) < 4.78 is 32.8. The van der Waals surface area contributed by atoms with Crippen molar-refractivity contribution in [1.29, 1.82) is 0 Å². The quantitative estimate of drug-likeness (QED) is 0.671. The molecule has 108 valence electrons. The van der Waals surface area contributed by atoms with Crippen molar-refractivity contribution in [3.8, 4) is 0 Å². The number of rotatable bonds is 3. The van der Waals surface area contributed by atoms with E-state index in [1.807, 2.05) is 20.8 Å². The van der Waals surface area contributed by atoms with E-state index in [2.05, 4.69) is 5.48 Å². The van der Waals surface area contributed by atoms with Crippen molar-refractivity contribution in [2.75, 3.05) is 5.48 Å². The smallest absolute Gasteiger partial charge is 0.282 e. The van der Waals surface area contributed by atoms with Gasteiger partial charge in [0.2, 0.25) is 0 Å². The Balaban J connectivity index is 2.60. The lowest BCUT2D eigenvalue weighted by Crippen LogP contribution is -2.23. The number of hydrogen-bond donors (Lipinski definition) is 2. The van der Waals surface area contributed by atoms with E-state index >= 15 is 0 Å². The first kappa shape index (κ1) is 14.8. The van der Waals surface area contributed by atoms with Crippen molar-refractivity contribution in [3.63, 3.8) is 0 Å². The fraction of sp³-hybridized carbons (Fsp3) is 0.286. The molecule has 0 saturated carbocycles. The maximum absolute atomic E-state index is 11.7. The molecule has 0 heterocycles. The Morgan fingerprint density at radius 2 is 1.75 bits per heavy atom. The van der Waals surface area contributed by atoms with E-state index in [0.29, 0.717) is 5.39 Å². The second-order valence-electron chi connectivity index (χ2n) is 5.45. The van der Waals surface area contributed by atoms with Crippen LogP contribution in [-0.4, -0.2) is 18.6 Å². The number of hydrogen-bond acceptors (Lipinski definition) is 4. The summed E-state index contributed by atoms with van der Waals surface area (Å²) in [6.07, 6.45) is 0.